The van der Waals surface area contributed by atoms with Crippen LogP contribution in [0.4, 0.5) is 8.78 Å². The smallest absolute Gasteiger partial charge is 0.254 e. The highest BCUT2D eigenvalue weighted by molar-refractivity contribution is 7.98. The summed E-state index contributed by atoms with van der Waals surface area (Å²) in [6.07, 6.45) is 2.98. The average molecular weight is 494 g/mol. The molecule has 0 radical (unpaired) electrons. The van der Waals surface area contributed by atoms with Crippen molar-refractivity contribution in [1.82, 2.24) is 4.90 Å². The second-order valence-electron chi connectivity index (χ2n) is 9.64. The Bertz CT molecular complexity index is 1220. The van der Waals surface area contributed by atoms with E-state index >= 15 is 0 Å². The number of thioether (sulfide) groups is 1. The molecule has 0 aromatic heterocycles. The number of hydrogen-bond acceptors (Lipinski definition) is 3. The van der Waals surface area contributed by atoms with Gasteiger partial charge < -0.3 is 9.64 Å². The molecule has 2 bridgehead atoms. The van der Waals surface area contributed by atoms with Crippen molar-refractivity contribution in [3.8, 4) is 5.75 Å². The van der Waals surface area contributed by atoms with Crippen molar-refractivity contribution in [2.24, 2.45) is 0 Å². The molecule has 0 N–H and O–H groups in total. The van der Waals surface area contributed by atoms with E-state index < -0.39 is 11.6 Å². The normalized spacial score (nSPS) is 21.3. The first-order valence-electron chi connectivity index (χ1n) is 12.1. The lowest BCUT2D eigenvalue weighted by atomic mass is 9.98. The number of halogens is 2. The van der Waals surface area contributed by atoms with E-state index in [1.54, 1.807) is 0 Å². The van der Waals surface area contributed by atoms with Gasteiger partial charge in [-0.25, -0.2) is 8.78 Å². The van der Waals surface area contributed by atoms with Gasteiger partial charge in [0, 0.05) is 47.2 Å². The second kappa shape index (κ2) is 10.0. The third kappa shape index (κ3) is 5.22. The fourth-order valence-electron chi connectivity index (χ4n) is 5.32. The van der Waals surface area contributed by atoms with Crippen LogP contribution in [0, 0.1) is 25.5 Å². The van der Waals surface area contributed by atoms with E-state index in [1.807, 2.05) is 40.9 Å². The molecule has 1 amide bonds. The average Bonchev–Trinajstić information content (AvgIpc) is 3.10. The third-order valence-electron chi connectivity index (χ3n) is 7.04. The van der Waals surface area contributed by atoms with E-state index in [-0.39, 0.29) is 29.8 Å². The lowest BCUT2D eigenvalue weighted by Crippen LogP contribution is -2.49. The molecule has 0 aliphatic carbocycles. The lowest BCUT2D eigenvalue weighted by Gasteiger charge is -2.39. The fourth-order valence-corrected chi connectivity index (χ4v) is 6.29. The first kappa shape index (κ1) is 23.9. The molecule has 2 atom stereocenters. The fraction of sp³-hybridized carbons (Fsp3) is 0.345. The maximum absolute atomic E-state index is 14.0. The Morgan fingerprint density at radius 2 is 1.69 bits per heavy atom. The van der Waals surface area contributed by atoms with E-state index in [2.05, 4.69) is 32.0 Å². The SMILES string of the molecule is Cc1ccc(SCc2ccc(C(=O)N3[C@H]4CC[C@H]3CC(Oc3ccc(F)cc3F)C4)cc2)c(C)c1. The second-order valence-corrected chi connectivity index (χ2v) is 10.7. The molecule has 0 spiro atoms. The van der Waals surface area contributed by atoms with Crippen molar-refractivity contribution in [1.29, 1.82) is 0 Å². The molecule has 182 valence electrons. The highest BCUT2D eigenvalue weighted by Crippen LogP contribution is 2.38. The van der Waals surface area contributed by atoms with E-state index in [0.717, 1.165) is 24.7 Å². The van der Waals surface area contributed by atoms with Crippen LogP contribution in [0.3, 0.4) is 0 Å². The van der Waals surface area contributed by atoms with Crippen molar-refractivity contribution in [3.05, 3.63) is 94.6 Å². The van der Waals surface area contributed by atoms with Crippen LogP contribution >= 0.6 is 11.8 Å². The predicted octanol–water partition coefficient (Wildman–Crippen LogP) is 7.09. The van der Waals surface area contributed by atoms with Crippen LogP contribution in [-0.4, -0.2) is 29.0 Å². The number of ether oxygens (including phenoxy) is 1. The van der Waals surface area contributed by atoms with Crippen LogP contribution in [0.25, 0.3) is 0 Å². The zero-order chi connectivity index (χ0) is 24.5. The minimum atomic E-state index is -0.688. The summed E-state index contributed by atoms with van der Waals surface area (Å²) in [4.78, 5) is 16.6. The molecule has 2 heterocycles. The van der Waals surface area contributed by atoms with Crippen LogP contribution in [0.1, 0.15) is 52.7 Å². The number of aryl methyl sites for hydroxylation is 2. The summed E-state index contributed by atoms with van der Waals surface area (Å²) < 4.78 is 33.1. The first-order chi connectivity index (χ1) is 16.9. The molecule has 2 saturated heterocycles. The molecule has 3 aromatic carbocycles. The van der Waals surface area contributed by atoms with Gasteiger partial charge in [-0.1, -0.05) is 29.8 Å². The number of nitrogens with zero attached hydrogens (tertiary/aromatic N) is 1. The number of fused-ring (bicyclic) bond motifs is 2. The van der Waals surface area contributed by atoms with Gasteiger partial charge in [-0.05, 0) is 68.1 Å². The van der Waals surface area contributed by atoms with Gasteiger partial charge in [0.2, 0.25) is 0 Å². The van der Waals surface area contributed by atoms with Gasteiger partial charge in [0.15, 0.2) is 11.6 Å². The van der Waals surface area contributed by atoms with E-state index in [0.29, 0.717) is 18.4 Å². The van der Waals surface area contributed by atoms with Gasteiger partial charge in [-0.2, -0.15) is 0 Å². The number of piperidine rings is 1. The van der Waals surface area contributed by atoms with Crippen LogP contribution in [0.5, 0.6) is 5.75 Å². The number of benzene rings is 3. The zero-order valence-electron chi connectivity index (χ0n) is 20.0. The number of hydrogen-bond donors (Lipinski definition) is 0. The lowest BCUT2D eigenvalue weighted by molar-refractivity contribution is 0.0349. The Labute approximate surface area is 209 Å². The molecule has 5 rings (SSSR count). The Kier molecular flexibility index (Phi) is 6.83. The van der Waals surface area contributed by atoms with E-state index in [4.69, 9.17) is 4.74 Å². The highest BCUT2D eigenvalue weighted by atomic mass is 32.2. The quantitative estimate of drug-likeness (QED) is 0.343. The largest absolute Gasteiger partial charge is 0.487 e. The Morgan fingerprint density at radius 3 is 2.34 bits per heavy atom. The summed E-state index contributed by atoms with van der Waals surface area (Å²) in [6.45, 7) is 4.24. The first-order valence-corrected chi connectivity index (χ1v) is 13.1. The molecule has 3 nitrogen and oxygen atoms in total. The van der Waals surface area contributed by atoms with Gasteiger partial charge in [-0.3, -0.25) is 4.79 Å². The standard InChI is InChI=1S/C29H29F2NO2S/c1-18-3-12-28(19(2)13-18)35-17-20-4-6-21(7-5-20)29(33)32-23-9-10-24(32)16-25(15-23)34-27-11-8-22(30)14-26(27)31/h3-8,11-14,23-25H,9-10,15-17H2,1-2H3/t23-,24-/m0/s1. The van der Waals surface area contributed by atoms with Crippen molar-refractivity contribution < 1.29 is 18.3 Å². The van der Waals surface area contributed by atoms with Gasteiger partial charge >= 0.3 is 0 Å². The monoisotopic (exact) mass is 493 g/mol. The van der Waals surface area contributed by atoms with Crippen molar-refractivity contribution in [3.63, 3.8) is 0 Å². The molecule has 0 saturated carbocycles. The number of rotatable bonds is 6. The molecule has 3 aromatic rings. The van der Waals surface area contributed by atoms with Crippen molar-refractivity contribution >= 4 is 17.7 Å². The minimum Gasteiger partial charge on any atom is -0.487 e. The van der Waals surface area contributed by atoms with Crippen LogP contribution in [0.15, 0.2) is 65.6 Å². The number of amides is 1. The van der Waals surface area contributed by atoms with E-state index in [9.17, 15) is 13.6 Å². The van der Waals surface area contributed by atoms with Gasteiger partial charge in [-0.15, -0.1) is 11.8 Å². The summed E-state index contributed by atoms with van der Waals surface area (Å²) in [6, 6.07) is 18.0. The minimum absolute atomic E-state index is 0.0532. The summed E-state index contributed by atoms with van der Waals surface area (Å²) in [5.74, 6) is -0.328. The molecular weight excluding hydrogens is 464 g/mol. The topological polar surface area (TPSA) is 29.5 Å². The summed E-state index contributed by atoms with van der Waals surface area (Å²) in [5.41, 5.74) is 4.43. The molecule has 2 aliphatic rings. The number of carbonyl (C=O) groups is 1. The van der Waals surface area contributed by atoms with E-state index in [1.165, 1.54) is 33.7 Å². The highest BCUT2D eigenvalue weighted by Gasteiger charge is 2.44. The van der Waals surface area contributed by atoms with Crippen LogP contribution in [0.2, 0.25) is 0 Å². The Hall–Kier alpha value is -2.86. The molecule has 0 unspecified atom stereocenters. The zero-order valence-corrected chi connectivity index (χ0v) is 20.8. The molecule has 2 fully saturated rings. The Balaban J connectivity index is 1.20. The van der Waals surface area contributed by atoms with Crippen molar-refractivity contribution in [2.75, 3.05) is 0 Å². The maximum atomic E-state index is 14.0. The van der Waals surface area contributed by atoms with Gasteiger partial charge in [0.1, 0.15) is 11.9 Å². The molecule has 6 heteroatoms. The number of carbonyl (C=O) groups excluding carboxylic acids is 1. The van der Waals surface area contributed by atoms with Crippen molar-refractivity contribution in [2.45, 2.75) is 68.4 Å². The molecular formula is C29H29F2NO2S. The van der Waals surface area contributed by atoms with Crippen LogP contribution in [-0.2, 0) is 5.75 Å². The summed E-state index contributed by atoms with van der Waals surface area (Å²) >= 11 is 1.81. The maximum Gasteiger partial charge on any atom is 0.254 e. The third-order valence-corrected chi connectivity index (χ3v) is 8.28. The van der Waals surface area contributed by atoms with Gasteiger partial charge in [0.25, 0.3) is 5.91 Å². The Morgan fingerprint density at radius 1 is 0.971 bits per heavy atom. The van der Waals surface area contributed by atoms with Gasteiger partial charge in [0.05, 0.1) is 0 Å². The molecule has 2 aliphatic heterocycles. The predicted molar refractivity (Wildman–Crippen MR) is 135 cm³/mol. The summed E-state index contributed by atoms with van der Waals surface area (Å²) in [5, 5.41) is 0. The molecule has 35 heavy (non-hydrogen) atoms. The summed E-state index contributed by atoms with van der Waals surface area (Å²) in [7, 11) is 0. The van der Waals surface area contributed by atoms with Crippen LogP contribution < -0.4 is 4.74 Å².